The second kappa shape index (κ2) is 7.44. The Morgan fingerprint density at radius 3 is 2.54 bits per heavy atom. The Bertz CT molecular complexity index is 543. The maximum atomic E-state index is 12.5. The van der Waals surface area contributed by atoms with Crippen molar-refractivity contribution in [1.29, 1.82) is 0 Å². The molecule has 0 aromatic carbocycles. The minimum absolute atomic E-state index is 0.109. The zero-order valence-electron chi connectivity index (χ0n) is 14.6. The second-order valence-corrected chi connectivity index (χ2v) is 7.05. The summed E-state index contributed by atoms with van der Waals surface area (Å²) >= 11 is 0. The normalized spacial score (nSPS) is 21.8. The van der Waals surface area contributed by atoms with Gasteiger partial charge in [-0.05, 0) is 19.9 Å². The molecule has 1 amide bonds. The molecule has 2 fully saturated rings. The van der Waals surface area contributed by atoms with Crippen molar-refractivity contribution >= 4 is 11.9 Å². The summed E-state index contributed by atoms with van der Waals surface area (Å²) in [7, 11) is 0. The SMILES string of the molecule is CC1(C)CN(CCC(=O)N2CCN(c3ncccn3)CC2)CCO1. The predicted molar refractivity (Wildman–Crippen MR) is 91.9 cm³/mol. The molecule has 24 heavy (non-hydrogen) atoms. The van der Waals surface area contributed by atoms with Crippen molar-refractivity contribution in [2.75, 3.05) is 57.3 Å². The van der Waals surface area contributed by atoms with E-state index < -0.39 is 0 Å². The van der Waals surface area contributed by atoms with Gasteiger partial charge in [-0.15, -0.1) is 0 Å². The van der Waals surface area contributed by atoms with Crippen LogP contribution in [0.4, 0.5) is 5.95 Å². The van der Waals surface area contributed by atoms with E-state index in [0.717, 1.165) is 58.4 Å². The van der Waals surface area contributed by atoms with Gasteiger partial charge in [-0.2, -0.15) is 0 Å². The van der Waals surface area contributed by atoms with Crippen LogP contribution in [-0.4, -0.2) is 83.7 Å². The van der Waals surface area contributed by atoms with E-state index in [1.165, 1.54) is 0 Å². The van der Waals surface area contributed by atoms with E-state index in [0.29, 0.717) is 6.42 Å². The molecule has 0 radical (unpaired) electrons. The van der Waals surface area contributed by atoms with Crippen molar-refractivity contribution in [3.63, 3.8) is 0 Å². The van der Waals surface area contributed by atoms with E-state index >= 15 is 0 Å². The molecule has 0 unspecified atom stereocenters. The van der Waals surface area contributed by atoms with Crippen molar-refractivity contribution in [2.45, 2.75) is 25.9 Å². The van der Waals surface area contributed by atoms with E-state index in [2.05, 4.69) is 33.6 Å². The number of morpholine rings is 1. The van der Waals surface area contributed by atoms with Crippen molar-refractivity contribution in [1.82, 2.24) is 19.8 Å². The number of amides is 1. The van der Waals surface area contributed by atoms with Crippen LogP contribution >= 0.6 is 0 Å². The summed E-state index contributed by atoms with van der Waals surface area (Å²) in [5, 5.41) is 0. The molecule has 0 saturated carbocycles. The average molecular weight is 333 g/mol. The Hall–Kier alpha value is -1.73. The first-order valence-electron chi connectivity index (χ1n) is 8.70. The van der Waals surface area contributed by atoms with Gasteiger partial charge in [0.2, 0.25) is 11.9 Å². The molecule has 0 atom stereocenters. The molecule has 132 valence electrons. The number of rotatable bonds is 4. The van der Waals surface area contributed by atoms with Crippen molar-refractivity contribution in [2.24, 2.45) is 0 Å². The lowest BCUT2D eigenvalue weighted by Gasteiger charge is -2.39. The van der Waals surface area contributed by atoms with E-state index in [9.17, 15) is 4.79 Å². The summed E-state index contributed by atoms with van der Waals surface area (Å²) in [5.41, 5.74) is -0.109. The molecule has 3 rings (SSSR count). The molecule has 3 heterocycles. The molecule has 1 aromatic rings. The molecule has 2 saturated heterocycles. The Balaban J connectivity index is 1.42. The van der Waals surface area contributed by atoms with Crippen LogP contribution in [0.15, 0.2) is 18.5 Å². The first-order chi connectivity index (χ1) is 11.5. The van der Waals surface area contributed by atoms with Crippen LogP contribution in [0.25, 0.3) is 0 Å². The largest absolute Gasteiger partial charge is 0.373 e. The summed E-state index contributed by atoms with van der Waals surface area (Å²) < 4.78 is 5.72. The van der Waals surface area contributed by atoms with E-state index in [1.54, 1.807) is 12.4 Å². The van der Waals surface area contributed by atoms with Crippen LogP contribution in [0.5, 0.6) is 0 Å². The molecular formula is C17H27N5O2. The van der Waals surface area contributed by atoms with Gasteiger partial charge in [-0.3, -0.25) is 9.69 Å². The van der Waals surface area contributed by atoms with Crippen molar-refractivity contribution in [3.05, 3.63) is 18.5 Å². The molecular weight excluding hydrogens is 306 g/mol. The van der Waals surface area contributed by atoms with Crippen molar-refractivity contribution < 1.29 is 9.53 Å². The fraction of sp³-hybridized carbons (Fsp3) is 0.706. The number of aromatic nitrogens is 2. The summed E-state index contributed by atoms with van der Waals surface area (Å²) in [6.07, 6.45) is 4.09. The van der Waals surface area contributed by atoms with Crippen LogP contribution in [0.3, 0.4) is 0 Å². The summed E-state index contributed by atoms with van der Waals surface area (Å²) in [4.78, 5) is 27.4. The van der Waals surface area contributed by atoms with Crippen LogP contribution in [-0.2, 0) is 9.53 Å². The lowest BCUT2D eigenvalue weighted by atomic mass is 10.1. The number of carbonyl (C=O) groups is 1. The average Bonchev–Trinajstić information content (AvgIpc) is 2.60. The topological polar surface area (TPSA) is 61.8 Å². The Labute approximate surface area is 143 Å². The highest BCUT2D eigenvalue weighted by Gasteiger charge is 2.28. The Morgan fingerprint density at radius 2 is 1.88 bits per heavy atom. The highest BCUT2D eigenvalue weighted by Crippen LogP contribution is 2.17. The second-order valence-electron chi connectivity index (χ2n) is 7.05. The van der Waals surface area contributed by atoms with Crippen LogP contribution in [0.2, 0.25) is 0 Å². The molecule has 0 N–H and O–H groups in total. The molecule has 0 bridgehead atoms. The number of carbonyl (C=O) groups excluding carboxylic acids is 1. The highest BCUT2D eigenvalue weighted by molar-refractivity contribution is 5.76. The number of piperazine rings is 1. The van der Waals surface area contributed by atoms with Gasteiger partial charge < -0.3 is 14.5 Å². The van der Waals surface area contributed by atoms with Gasteiger partial charge in [0.1, 0.15) is 0 Å². The lowest BCUT2D eigenvalue weighted by Crippen LogP contribution is -2.51. The summed E-state index contributed by atoms with van der Waals surface area (Å²) in [5.74, 6) is 0.994. The van der Waals surface area contributed by atoms with E-state index in [-0.39, 0.29) is 11.5 Å². The predicted octanol–water partition coefficient (Wildman–Crippen LogP) is 0.626. The maximum Gasteiger partial charge on any atom is 0.225 e. The summed E-state index contributed by atoms with van der Waals surface area (Å²) in [6.45, 7) is 10.6. The number of ether oxygens (including phenoxy) is 1. The Kier molecular flexibility index (Phi) is 5.30. The fourth-order valence-corrected chi connectivity index (χ4v) is 3.33. The highest BCUT2D eigenvalue weighted by atomic mass is 16.5. The van der Waals surface area contributed by atoms with Crippen LogP contribution in [0, 0.1) is 0 Å². The van der Waals surface area contributed by atoms with Crippen molar-refractivity contribution in [3.8, 4) is 0 Å². The number of nitrogens with zero attached hydrogens (tertiary/aromatic N) is 5. The van der Waals surface area contributed by atoms with Crippen LogP contribution < -0.4 is 4.90 Å². The maximum absolute atomic E-state index is 12.5. The molecule has 7 heteroatoms. The fourth-order valence-electron chi connectivity index (χ4n) is 3.33. The Morgan fingerprint density at radius 1 is 1.17 bits per heavy atom. The van der Waals surface area contributed by atoms with Gasteiger partial charge in [-0.25, -0.2) is 9.97 Å². The molecule has 2 aliphatic heterocycles. The lowest BCUT2D eigenvalue weighted by molar-refractivity contribution is -0.133. The quantitative estimate of drug-likeness (QED) is 0.805. The first kappa shape index (κ1) is 17.1. The third-order valence-corrected chi connectivity index (χ3v) is 4.61. The smallest absolute Gasteiger partial charge is 0.225 e. The van der Waals surface area contributed by atoms with Gasteiger partial charge >= 0.3 is 0 Å². The van der Waals surface area contributed by atoms with Gasteiger partial charge in [0.25, 0.3) is 0 Å². The van der Waals surface area contributed by atoms with E-state index in [1.807, 2.05) is 11.0 Å². The monoisotopic (exact) mass is 333 g/mol. The third kappa shape index (κ3) is 4.42. The van der Waals surface area contributed by atoms with Gasteiger partial charge in [0, 0.05) is 64.6 Å². The zero-order valence-corrected chi connectivity index (χ0v) is 14.6. The minimum atomic E-state index is -0.109. The standard InChI is InChI=1S/C17H27N5O2/c1-17(2)14-20(12-13-24-17)7-4-15(23)21-8-10-22(11-9-21)16-18-5-3-6-19-16/h3,5-6H,4,7-14H2,1-2H3. The molecule has 2 aliphatic rings. The minimum Gasteiger partial charge on any atom is -0.373 e. The number of hydrogen-bond donors (Lipinski definition) is 0. The van der Waals surface area contributed by atoms with E-state index in [4.69, 9.17) is 4.74 Å². The molecule has 1 aromatic heterocycles. The first-order valence-corrected chi connectivity index (χ1v) is 8.70. The molecule has 7 nitrogen and oxygen atoms in total. The van der Waals surface area contributed by atoms with Gasteiger partial charge in [0.05, 0.1) is 12.2 Å². The third-order valence-electron chi connectivity index (χ3n) is 4.61. The number of hydrogen-bond acceptors (Lipinski definition) is 6. The zero-order chi connectivity index (χ0) is 17.0. The van der Waals surface area contributed by atoms with Crippen LogP contribution in [0.1, 0.15) is 20.3 Å². The molecule has 0 spiro atoms. The van der Waals surface area contributed by atoms with Gasteiger partial charge in [-0.1, -0.05) is 0 Å². The summed E-state index contributed by atoms with van der Waals surface area (Å²) in [6, 6.07) is 1.82. The van der Waals surface area contributed by atoms with Gasteiger partial charge in [0.15, 0.2) is 0 Å². The number of anilines is 1. The molecule has 0 aliphatic carbocycles.